The van der Waals surface area contributed by atoms with Gasteiger partial charge in [-0.15, -0.1) is 0 Å². The summed E-state index contributed by atoms with van der Waals surface area (Å²) in [6.45, 7) is 0. The van der Waals surface area contributed by atoms with Gasteiger partial charge >= 0.3 is 11.9 Å². The fourth-order valence-electron chi connectivity index (χ4n) is 11.5. The highest BCUT2D eigenvalue weighted by molar-refractivity contribution is 9.09. The number of esters is 2. The number of ether oxygens (including phenoxy) is 1. The molecule has 14 atom stereocenters. The number of alkyl halides is 2. The van der Waals surface area contributed by atoms with Crippen molar-refractivity contribution < 1.29 is 14.3 Å². The molecule has 2 spiro atoms. The zero-order chi connectivity index (χ0) is 16.6. The monoisotopic (exact) mass is 466 g/mol. The van der Waals surface area contributed by atoms with Crippen LogP contribution >= 0.6 is 31.9 Å². The van der Waals surface area contributed by atoms with Gasteiger partial charge in [0.25, 0.3) is 0 Å². The predicted molar refractivity (Wildman–Crippen MR) is 94.8 cm³/mol. The number of cyclic esters (lactones) is 2. The number of hydrogen-bond acceptors (Lipinski definition) is 3. The third kappa shape index (κ3) is 0.954. The van der Waals surface area contributed by atoms with E-state index in [1.807, 2.05) is 0 Å². The summed E-state index contributed by atoms with van der Waals surface area (Å²) in [5.41, 5.74) is -0.824. The summed E-state index contributed by atoms with van der Waals surface area (Å²) in [4.78, 5) is 27.8. The maximum atomic E-state index is 13.4. The van der Waals surface area contributed by atoms with Crippen LogP contribution in [-0.4, -0.2) is 21.6 Å². The van der Waals surface area contributed by atoms with Gasteiger partial charge in [0.15, 0.2) is 0 Å². The van der Waals surface area contributed by atoms with Crippen molar-refractivity contribution in [3.63, 3.8) is 0 Å². The molecular weight excluding hydrogens is 448 g/mol. The molecule has 1 saturated heterocycles. The van der Waals surface area contributed by atoms with Crippen molar-refractivity contribution in [3.05, 3.63) is 0 Å². The quantitative estimate of drug-likeness (QED) is 0.311. The molecule has 1 aliphatic heterocycles. The average molecular weight is 468 g/mol. The number of carbonyl (C=O) groups is 2. The Kier molecular flexibility index (Phi) is 2.08. The van der Waals surface area contributed by atoms with Gasteiger partial charge < -0.3 is 4.74 Å². The van der Waals surface area contributed by atoms with Crippen molar-refractivity contribution in [1.82, 2.24) is 0 Å². The van der Waals surface area contributed by atoms with Gasteiger partial charge in [-0.05, 0) is 84.9 Å². The molecule has 8 aliphatic carbocycles. The van der Waals surface area contributed by atoms with E-state index in [9.17, 15) is 9.59 Å². The Morgan fingerprint density at radius 1 is 0.680 bits per heavy atom. The summed E-state index contributed by atoms with van der Waals surface area (Å²) in [5, 5.41) is 0. The molecule has 25 heavy (non-hydrogen) atoms. The van der Waals surface area contributed by atoms with Gasteiger partial charge in [0, 0.05) is 9.65 Å². The first-order chi connectivity index (χ1) is 12.1. The molecule has 9 fully saturated rings. The van der Waals surface area contributed by atoms with Crippen molar-refractivity contribution in [3.8, 4) is 0 Å². The Morgan fingerprint density at radius 3 is 1.56 bits per heavy atom. The van der Waals surface area contributed by atoms with Gasteiger partial charge in [0.2, 0.25) is 0 Å². The summed E-state index contributed by atoms with van der Waals surface area (Å²) >= 11 is 7.93. The highest BCUT2D eigenvalue weighted by Crippen LogP contribution is 2.99. The van der Waals surface area contributed by atoms with Crippen LogP contribution in [0.15, 0.2) is 0 Å². The smallest absolute Gasteiger partial charge is 0.321 e. The van der Waals surface area contributed by atoms with Crippen molar-refractivity contribution in [2.45, 2.75) is 35.3 Å². The van der Waals surface area contributed by atoms with Crippen LogP contribution in [-0.2, 0) is 14.3 Å². The molecular formula is C20H20Br2O3. The molecule has 1 heterocycles. The molecule has 0 aromatic heterocycles. The largest absolute Gasteiger partial charge is 0.392 e. The molecule has 9 aliphatic rings. The molecule has 0 radical (unpaired) electrons. The van der Waals surface area contributed by atoms with Crippen LogP contribution in [0.3, 0.4) is 0 Å². The minimum atomic E-state index is -0.412. The Hall–Kier alpha value is 0.1000. The van der Waals surface area contributed by atoms with E-state index in [2.05, 4.69) is 31.9 Å². The second-order valence-electron chi connectivity index (χ2n) is 10.3. The second kappa shape index (κ2) is 3.68. The summed E-state index contributed by atoms with van der Waals surface area (Å²) < 4.78 is 5.54. The number of fused-ring (bicyclic) bond motifs is 2. The molecule has 0 N–H and O–H groups in total. The molecule has 5 heteroatoms. The van der Waals surface area contributed by atoms with Crippen LogP contribution in [0, 0.1) is 70.0 Å². The SMILES string of the molecule is O=C1OC(=O)[C@@]23[C@H]4[C@@H]5[C@@H]6[C@H]([C@@H]7[C@H](CC[C@H]7Br)[C@@H]62)[C@@]13[C@@H]5[C@@H]1CC[C@@H](Br)[C@@H]14. The first-order valence-corrected chi connectivity index (χ1v) is 12.0. The van der Waals surface area contributed by atoms with Gasteiger partial charge in [0.1, 0.15) is 0 Å². The first-order valence-electron chi connectivity index (χ1n) is 10.1. The minimum Gasteiger partial charge on any atom is -0.392 e. The summed E-state index contributed by atoms with van der Waals surface area (Å²) in [5.74, 6) is 5.45. The lowest BCUT2D eigenvalue weighted by Crippen LogP contribution is -2.61. The summed E-state index contributed by atoms with van der Waals surface area (Å²) in [7, 11) is 0. The number of hydrogen-bond donors (Lipinski definition) is 0. The molecule has 8 saturated carbocycles. The van der Waals surface area contributed by atoms with Crippen LogP contribution in [0.25, 0.3) is 0 Å². The minimum absolute atomic E-state index is 0.0912. The van der Waals surface area contributed by atoms with E-state index < -0.39 is 10.8 Å². The normalized spacial score (nSPS) is 75.0. The van der Waals surface area contributed by atoms with Crippen LogP contribution in [0.2, 0.25) is 0 Å². The van der Waals surface area contributed by atoms with Gasteiger partial charge in [-0.2, -0.15) is 0 Å². The van der Waals surface area contributed by atoms with Crippen LogP contribution in [0.5, 0.6) is 0 Å². The fraction of sp³-hybridized carbons (Fsp3) is 0.900. The van der Waals surface area contributed by atoms with Crippen molar-refractivity contribution in [2.24, 2.45) is 70.0 Å². The molecule has 9 rings (SSSR count). The van der Waals surface area contributed by atoms with Crippen LogP contribution < -0.4 is 0 Å². The van der Waals surface area contributed by atoms with Gasteiger partial charge in [-0.1, -0.05) is 31.9 Å². The topological polar surface area (TPSA) is 43.4 Å². The van der Waals surface area contributed by atoms with E-state index in [1.54, 1.807) is 0 Å². The zero-order valence-electron chi connectivity index (χ0n) is 13.7. The molecule has 0 unspecified atom stereocenters. The Labute approximate surface area is 163 Å². The lowest BCUT2D eigenvalue weighted by Gasteiger charge is -2.54. The van der Waals surface area contributed by atoms with Crippen molar-refractivity contribution in [2.75, 3.05) is 0 Å². The van der Waals surface area contributed by atoms with E-state index in [0.29, 0.717) is 68.8 Å². The second-order valence-corrected chi connectivity index (χ2v) is 12.7. The summed E-state index contributed by atoms with van der Waals surface area (Å²) in [6.07, 6.45) is 4.93. The molecule has 132 valence electrons. The van der Waals surface area contributed by atoms with E-state index >= 15 is 0 Å². The molecule has 0 aromatic carbocycles. The Balaban J connectivity index is 1.45. The fourth-order valence-corrected chi connectivity index (χ4v) is 13.5. The van der Waals surface area contributed by atoms with Crippen molar-refractivity contribution >= 4 is 43.8 Å². The third-order valence-electron chi connectivity index (χ3n) is 10.9. The zero-order valence-corrected chi connectivity index (χ0v) is 16.9. The predicted octanol–water partition coefficient (Wildman–Crippen LogP) is 3.39. The number of halogens is 2. The average Bonchev–Trinajstić information content (AvgIpc) is 3.35. The highest BCUT2D eigenvalue weighted by Gasteiger charge is 3.03. The number of rotatable bonds is 0. The maximum Gasteiger partial charge on any atom is 0.321 e. The molecule has 8 bridgehead atoms. The molecule has 3 nitrogen and oxygen atoms in total. The molecule has 0 aromatic rings. The van der Waals surface area contributed by atoms with Crippen LogP contribution in [0.4, 0.5) is 0 Å². The lowest BCUT2D eigenvalue weighted by molar-refractivity contribution is -0.163. The maximum absolute atomic E-state index is 13.4. The van der Waals surface area contributed by atoms with E-state index in [4.69, 9.17) is 4.74 Å². The molecule has 0 amide bonds. The van der Waals surface area contributed by atoms with Gasteiger partial charge in [-0.3, -0.25) is 9.59 Å². The first kappa shape index (κ1) is 14.1. The highest BCUT2D eigenvalue weighted by atomic mass is 79.9. The lowest BCUT2D eigenvalue weighted by atomic mass is 9.45. The van der Waals surface area contributed by atoms with E-state index in [-0.39, 0.29) is 11.9 Å². The van der Waals surface area contributed by atoms with Crippen LogP contribution in [0.1, 0.15) is 25.7 Å². The van der Waals surface area contributed by atoms with Crippen molar-refractivity contribution in [1.29, 1.82) is 0 Å². The standard InChI is InChI=1S/C20H20Br2O3/c21-7-3-1-5-9(7)15-11-12-14-6-2-4-8(22)10(6)16(12)19(13(5)11)17(23)25-18(24)20(14,15)19/h5-16H,1-4H2/t5-,6+,7-,8-,9-,10-,11-,12+,13-,14+,15-,16+,19+,20+/m1/s1. The summed E-state index contributed by atoms with van der Waals surface area (Å²) in [6, 6.07) is 0. The van der Waals surface area contributed by atoms with Gasteiger partial charge in [-0.25, -0.2) is 0 Å². The van der Waals surface area contributed by atoms with E-state index in [1.165, 1.54) is 25.7 Å². The Bertz CT molecular complexity index is 734. The van der Waals surface area contributed by atoms with E-state index in [0.717, 1.165) is 0 Å². The Morgan fingerprint density at radius 2 is 1.12 bits per heavy atom. The third-order valence-corrected chi connectivity index (χ3v) is 13.0. The van der Waals surface area contributed by atoms with Gasteiger partial charge in [0.05, 0.1) is 10.8 Å². The number of carbonyl (C=O) groups excluding carboxylic acids is 2.